The van der Waals surface area contributed by atoms with Crippen molar-refractivity contribution < 1.29 is 0 Å². The van der Waals surface area contributed by atoms with Crippen LogP contribution in [-0.2, 0) is 0 Å². The van der Waals surface area contributed by atoms with E-state index in [-0.39, 0.29) is 0 Å². The third-order valence-electron chi connectivity index (χ3n) is 4.55. The number of hydrogen-bond acceptors (Lipinski definition) is 3. The summed E-state index contributed by atoms with van der Waals surface area (Å²) in [7, 11) is 0. The van der Waals surface area contributed by atoms with E-state index in [1.165, 1.54) is 63.1 Å². The molecule has 1 unspecified atom stereocenters. The average Bonchev–Trinajstić information content (AvgIpc) is 2.40. The normalized spacial score (nSPS) is 28.6. The third-order valence-corrected chi connectivity index (χ3v) is 4.55. The van der Waals surface area contributed by atoms with Crippen molar-refractivity contribution in [2.75, 3.05) is 31.1 Å². The maximum Gasteiger partial charge on any atom is 0.0427 e. The Hall–Kier alpha value is -1.09. The Kier molecular flexibility index (Phi) is 3.25. The Bertz CT molecular complexity index is 404. The molecule has 1 N–H and O–H groups in total. The van der Waals surface area contributed by atoms with Gasteiger partial charge in [-0.2, -0.15) is 0 Å². The van der Waals surface area contributed by atoms with Crippen LogP contribution in [0.2, 0.25) is 0 Å². The first-order valence-corrected chi connectivity index (χ1v) is 7.15. The standard InChI is InChI=1S/C15H23N3/c1-13-10-16-8-4-14(13)18-9-3-6-15(12-18)5-2-7-17-11-15/h4,8,10,17H,2-3,5-7,9,11-12H2,1H3. The van der Waals surface area contributed by atoms with Gasteiger partial charge in [0.1, 0.15) is 0 Å². The van der Waals surface area contributed by atoms with E-state index >= 15 is 0 Å². The van der Waals surface area contributed by atoms with E-state index in [4.69, 9.17) is 0 Å². The summed E-state index contributed by atoms with van der Waals surface area (Å²) in [5.41, 5.74) is 3.21. The molecule has 2 aliphatic heterocycles. The Labute approximate surface area is 110 Å². The van der Waals surface area contributed by atoms with E-state index in [2.05, 4.69) is 28.2 Å². The number of pyridine rings is 1. The molecule has 0 bridgehead atoms. The van der Waals surface area contributed by atoms with E-state index in [1.54, 1.807) is 0 Å². The molecule has 1 spiro atoms. The number of aryl methyl sites for hydroxylation is 1. The van der Waals surface area contributed by atoms with Gasteiger partial charge in [0.05, 0.1) is 0 Å². The average molecular weight is 245 g/mol. The van der Waals surface area contributed by atoms with Crippen LogP contribution in [0.4, 0.5) is 5.69 Å². The first kappa shape index (κ1) is 12.0. The van der Waals surface area contributed by atoms with Crippen molar-refractivity contribution in [2.24, 2.45) is 5.41 Å². The van der Waals surface area contributed by atoms with Crippen molar-refractivity contribution in [3.05, 3.63) is 24.0 Å². The van der Waals surface area contributed by atoms with Gasteiger partial charge in [-0.05, 0) is 50.8 Å². The Morgan fingerprint density at radius 3 is 3.00 bits per heavy atom. The highest BCUT2D eigenvalue weighted by atomic mass is 15.2. The van der Waals surface area contributed by atoms with Gasteiger partial charge < -0.3 is 10.2 Å². The highest BCUT2D eigenvalue weighted by Crippen LogP contribution is 2.38. The van der Waals surface area contributed by atoms with Gasteiger partial charge in [0.15, 0.2) is 0 Å². The summed E-state index contributed by atoms with van der Waals surface area (Å²) in [6, 6.07) is 2.17. The summed E-state index contributed by atoms with van der Waals surface area (Å²) in [5.74, 6) is 0. The molecular weight excluding hydrogens is 222 g/mol. The zero-order valence-electron chi connectivity index (χ0n) is 11.3. The lowest BCUT2D eigenvalue weighted by molar-refractivity contribution is 0.173. The van der Waals surface area contributed by atoms with Gasteiger partial charge in [-0.3, -0.25) is 4.98 Å². The topological polar surface area (TPSA) is 28.2 Å². The van der Waals surface area contributed by atoms with Crippen LogP contribution in [0, 0.1) is 12.3 Å². The highest BCUT2D eigenvalue weighted by molar-refractivity contribution is 5.52. The van der Waals surface area contributed by atoms with E-state index in [9.17, 15) is 0 Å². The molecule has 1 aromatic heterocycles. The summed E-state index contributed by atoms with van der Waals surface area (Å²) in [6.45, 7) is 6.99. The number of aromatic nitrogens is 1. The Morgan fingerprint density at radius 2 is 2.22 bits per heavy atom. The fourth-order valence-electron chi connectivity index (χ4n) is 3.61. The minimum Gasteiger partial charge on any atom is -0.371 e. The molecule has 0 aliphatic carbocycles. The number of hydrogen-bond donors (Lipinski definition) is 1. The molecular formula is C15H23N3. The molecule has 3 rings (SSSR count). The van der Waals surface area contributed by atoms with Crippen LogP contribution >= 0.6 is 0 Å². The van der Waals surface area contributed by atoms with E-state index < -0.39 is 0 Å². The zero-order valence-corrected chi connectivity index (χ0v) is 11.3. The molecule has 18 heavy (non-hydrogen) atoms. The molecule has 0 amide bonds. The molecule has 1 aromatic rings. The summed E-state index contributed by atoms with van der Waals surface area (Å²) < 4.78 is 0. The summed E-state index contributed by atoms with van der Waals surface area (Å²) in [5, 5.41) is 3.59. The second-order valence-corrected chi connectivity index (χ2v) is 5.97. The van der Waals surface area contributed by atoms with Crippen LogP contribution in [0.3, 0.4) is 0 Å². The molecule has 2 saturated heterocycles. The molecule has 98 valence electrons. The van der Waals surface area contributed by atoms with Crippen molar-refractivity contribution >= 4 is 5.69 Å². The molecule has 3 heteroatoms. The zero-order chi connectivity index (χ0) is 12.4. The molecule has 3 heterocycles. The maximum absolute atomic E-state index is 4.20. The highest BCUT2D eigenvalue weighted by Gasteiger charge is 2.36. The second kappa shape index (κ2) is 4.88. The predicted molar refractivity (Wildman–Crippen MR) is 75.0 cm³/mol. The molecule has 0 aromatic carbocycles. The second-order valence-electron chi connectivity index (χ2n) is 5.97. The lowest BCUT2D eigenvalue weighted by atomic mass is 9.74. The first-order chi connectivity index (χ1) is 8.79. The molecule has 3 nitrogen and oxygen atoms in total. The fraction of sp³-hybridized carbons (Fsp3) is 0.667. The minimum atomic E-state index is 0.520. The quantitative estimate of drug-likeness (QED) is 0.823. The van der Waals surface area contributed by atoms with Crippen molar-refractivity contribution in [3.8, 4) is 0 Å². The van der Waals surface area contributed by atoms with Gasteiger partial charge in [0, 0.05) is 43.1 Å². The van der Waals surface area contributed by atoms with E-state index in [1.807, 2.05) is 12.4 Å². The molecule has 2 aliphatic rings. The van der Waals surface area contributed by atoms with Gasteiger partial charge in [-0.25, -0.2) is 0 Å². The van der Waals surface area contributed by atoms with Crippen molar-refractivity contribution in [1.82, 2.24) is 10.3 Å². The van der Waals surface area contributed by atoms with E-state index in [0.29, 0.717) is 5.41 Å². The van der Waals surface area contributed by atoms with Gasteiger partial charge in [0.25, 0.3) is 0 Å². The van der Waals surface area contributed by atoms with Crippen molar-refractivity contribution in [2.45, 2.75) is 32.6 Å². The van der Waals surface area contributed by atoms with Gasteiger partial charge in [-0.15, -0.1) is 0 Å². The summed E-state index contributed by atoms with van der Waals surface area (Å²) >= 11 is 0. The molecule has 0 radical (unpaired) electrons. The number of nitrogens with zero attached hydrogens (tertiary/aromatic N) is 2. The van der Waals surface area contributed by atoms with Gasteiger partial charge in [0.2, 0.25) is 0 Å². The van der Waals surface area contributed by atoms with E-state index in [0.717, 1.165) is 0 Å². The number of nitrogens with one attached hydrogen (secondary N) is 1. The lowest BCUT2D eigenvalue weighted by Gasteiger charge is -2.46. The summed E-state index contributed by atoms with van der Waals surface area (Å²) in [6.07, 6.45) is 9.34. The largest absolute Gasteiger partial charge is 0.371 e. The number of rotatable bonds is 1. The van der Waals surface area contributed by atoms with Crippen LogP contribution in [0.5, 0.6) is 0 Å². The fourth-order valence-corrected chi connectivity index (χ4v) is 3.61. The number of anilines is 1. The predicted octanol–water partition coefficient (Wildman–Crippen LogP) is 2.36. The SMILES string of the molecule is Cc1cnccc1N1CCCC2(CCCNC2)C1. The van der Waals surface area contributed by atoms with Crippen LogP contribution in [0.25, 0.3) is 0 Å². The van der Waals surface area contributed by atoms with Crippen molar-refractivity contribution in [1.29, 1.82) is 0 Å². The minimum absolute atomic E-state index is 0.520. The number of piperidine rings is 2. The molecule has 1 atom stereocenters. The first-order valence-electron chi connectivity index (χ1n) is 7.15. The summed E-state index contributed by atoms with van der Waals surface area (Å²) in [4.78, 5) is 6.78. The van der Waals surface area contributed by atoms with Crippen molar-refractivity contribution in [3.63, 3.8) is 0 Å². The lowest BCUT2D eigenvalue weighted by Crippen LogP contribution is -2.51. The van der Waals surface area contributed by atoms with Gasteiger partial charge in [-0.1, -0.05) is 0 Å². The Balaban J connectivity index is 1.80. The molecule has 2 fully saturated rings. The smallest absolute Gasteiger partial charge is 0.0427 e. The Morgan fingerprint density at radius 1 is 1.33 bits per heavy atom. The van der Waals surface area contributed by atoms with Crippen LogP contribution in [0.1, 0.15) is 31.2 Å². The van der Waals surface area contributed by atoms with Gasteiger partial charge >= 0.3 is 0 Å². The monoisotopic (exact) mass is 245 g/mol. The molecule has 0 saturated carbocycles. The van der Waals surface area contributed by atoms with Crippen LogP contribution in [-0.4, -0.2) is 31.2 Å². The van der Waals surface area contributed by atoms with Crippen LogP contribution < -0.4 is 10.2 Å². The maximum atomic E-state index is 4.20. The van der Waals surface area contributed by atoms with Crippen LogP contribution in [0.15, 0.2) is 18.5 Å². The third kappa shape index (κ3) is 2.24.